The maximum absolute atomic E-state index is 11.6. The van der Waals surface area contributed by atoms with Gasteiger partial charge in [0.1, 0.15) is 18.1 Å². The average Bonchev–Trinajstić information content (AvgIpc) is 2.54. The summed E-state index contributed by atoms with van der Waals surface area (Å²) in [6.07, 6.45) is -4.91. The van der Waals surface area contributed by atoms with Crippen LogP contribution in [-0.2, 0) is 47.7 Å². The van der Waals surface area contributed by atoms with Crippen LogP contribution in [0.15, 0.2) is 0 Å². The van der Waals surface area contributed by atoms with Crippen LogP contribution in [0, 0.1) is 0 Å². The van der Waals surface area contributed by atoms with Crippen LogP contribution in [-0.4, -0.2) is 77.2 Å². The van der Waals surface area contributed by atoms with Crippen molar-refractivity contribution in [2.24, 2.45) is 0 Å². The van der Waals surface area contributed by atoms with Crippen LogP contribution in [0.25, 0.3) is 0 Å². The molecule has 0 aromatic heterocycles. The second kappa shape index (κ2) is 10.9. The molecule has 0 bridgehead atoms. The molecule has 1 heterocycles. The van der Waals surface area contributed by atoms with Gasteiger partial charge in [-0.15, -0.1) is 11.8 Å². The monoisotopic (exact) mass is 422 g/mol. The molecule has 1 rings (SSSR count). The number of hydrogen-bond acceptors (Lipinski definition) is 11. The Kier molecular flexibility index (Phi) is 9.19. The minimum Gasteiger partial charge on any atom is -0.481 e. The van der Waals surface area contributed by atoms with Crippen LogP contribution in [0.1, 0.15) is 27.7 Å². The zero-order chi connectivity index (χ0) is 21.4. The van der Waals surface area contributed by atoms with E-state index in [0.29, 0.717) is 0 Å². The Hall–Kier alpha value is -2.34. The van der Waals surface area contributed by atoms with Crippen molar-refractivity contribution in [2.75, 3.05) is 12.4 Å². The Bertz CT molecular complexity index is 576. The maximum Gasteiger partial charge on any atom is 0.313 e. The lowest BCUT2D eigenvalue weighted by Crippen LogP contribution is -2.61. The van der Waals surface area contributed by atoms with E-state index in [-0.39, 0.29) is 6.61 Å². The highest BCUT2D eigenvalue weighted by atomic mass is 32.2. The number of carboxylic acid groups (broad SMARTS) is 1. The van der Waals surface area contributed by atoms with Crippen molar-refractivity contribution in [1.82, 2.24) is 0 Å². The molecule has 0 amide bonds. The molecule has 28 heavy (non-hydrogen) atoms. The van der Waals surface area contributed by atoms with E-state index in [1.54, 1.807) is 0 Å². The third-order valence-electron chi connectivity index (χ3n) is 3.32. The number of rotatable bonds is 8. The Balaban J connectivity index is 3.26. The molecule has 0 aromatic rings. The van der Waals surface area contributed by atoms with Gasteiger partial charge in [0.2, 0.25) is 0 Å². The molecule has 11 nitrogen and oxygen atoms in total. The largest absolute Gasteiger partial charge is 0.481 e. The van der Waals surface area contributed by atoms with Crippen molar-refractivity contribution in [3.8, 4) is 0 Å². The molecular weight excluding hydrogens is 400 g/mol. The van der Waals surface area contributed by atoms with Crippen molar-refractivity contribution < 1.29 is 52.8 Å². The van der Waals surface area contributed by atoms with Gasteiger partial charge < -0.3 is 28.8 Å². The summed E-state index contributed by atoms with van der Waals surface area (Å²) in [5.74, 6) is -4.44. The second-order valence-corrected chi connectivity index (χ2v) is 6.86. The molecule has 158 valence electrons. The first-order valence-electron chi connectivity index (χ1n) is 8.15. The summed E-state index contributed by atoms with van der Waals surface area (Å²) in [5, 5.41) is 8.93. The molecule has 0 spiro atoms. The fourth-order valence-corrected chi connectivity index (χ4v) is 3.40. The maximum atomic E-state index is 11.6. The molecule has 0 aromatic carbocycles. The Morgan fingerprint density at radius 3 is 1.79 bits per heavy atom. The Morgan fingerprint density at radius 2 is 1.32 bits per heavy atom. The number of carboxylic acids is 1. The predicted octanol–water partition coefficient (Wildman–Crippen LogP) is -0.113. The van der Waals surface area contributed by atoms with Gasteiger partial charge >= 0.3 is 29.8 Å². The minimum atomic E-state index is -1.30. The van der Waals surface area contributed by atoms with Crippen molar-refractivity contribution in [1.29, 1.82) is 0 Å². The quantitative estimate of drug-likeness (QED) is 0.410. The zero-order valence-electron chi connectivity index (χ0n) is 15.7. The third kappa shape index (κ3) is 7.72. The van der Waals surface area contributed by atoms with Crippen LogP contribution in [0.3, 0.4) is 0 Å². The Morgan fingerprint density at radius 1 is 0.821 bits per heavy atom. The summed E-state index contributed by atoms with van der Waals surface area (Å²) in [5.41, 5.74) is -1.09. The molecule has 1 aliphatic heterocycles. The zero-order valence-corrected chi connectivity index (χ0v) is 16.6. The third-order valence-corrected chi connectivity index (χ3v) is 4.44. The SMILES string of the molecule is CC(=O)OC[C@H]1O[C@@H](SCC(=O)O)[C@H](OC(C)=O)[C@@H](OC(C)=O)[C@@H]1OC(C)=O. The van der Waals surface area contributed by atoms with Crippen LogP contribution < -0.4 is 0 Å². The molecule has 1 fully saturated rings. The summed E-state index contributed by atoms with van der Waals surface area (Å²) in [7, 11) is 0. The van der Waals surface area contributed by atoms with E-state index in [2.05, 4.69) is 0 Å². The van der Waals surface area contributed by atoms with Gasteiger partial charge in [0.25, 0.3) is 0 Å². The van der Waals surface area contributed by atoms with E-state index in [9.17, 15) is 24.0 Å². The van der Waals surface area contributed by atoms with Crippen LogP contribution in [0.4, 0.5) is 0 Å². The van der Waals surface area contributed by atoms with Gasteiger partial charge in [0.15, 0.2) is 18.3 Å². The van der Waals surface area contributed by atoms with E-state index >= 15 is 0 Å². The highest BCUT2D eigenvalue weighted by molar-refractivity contribution is 8.00. The van der Waals surface area contributed by atoms with Crippen LogP contribution >= 0.6 is 11.8 Å². The molecule has 5 atom stereocenters. The summed E-state index contributed by atoms with van der Waals surface area (Å²) in [4.78, 5) is 56.7. The van der Waals surface area contributed by atoms with Gasteiger partial charge in [-0.25, -0.2) is 0 Å². The number of carbonyl (C=O) groups is 5. The lowest BCUT2D eigenvalue weighted by Gasteiger charge is -2.44. The normalized spacial score (nSPS) is 26.6. The molecule has 1 aliphatic rings. The number of esters is 4. The van der Waals surface area contributed by atoms with Gasteiger partial charge in [-0.3, -0.25) is 24.0 Å². The van der Waals surface area contributed by atoms with Crippen molar-refractivity contribution in [3.63, 3.8) is 0 Å². The lowest BCUT2D eigenvalue weighted by atomic mass is 9.99. The molecular formula is C16H22O11S. The van der Waals surface area contributed by atoms with Crippen molar-refractivity contribution in [3.05, 3.63) is 0 Å². The fraction of sp³-hybridized carbons (Fsp3) is 0.688. The first-order chi connectivity index (χ1) is 13.0. The molecule has 12 heteroatoms. The average molecular weight is 422 g/mol. The number of ether oxygens (including phenoxy) is 5. The van der Waals surface area contributed by atoms with Crippen molar-refractivity contribution >= 4 is 41.6 Å². The highest BCUT2D eigenvalue weighted by Gasteiger charge is 2.52. The molecule has 0 radical (unpaired) electrons. The first kappa shape index (κ1) is 23.7. The molecule has 1 N–H and O–H groups in total. The Labute approximate surface area is 165 Å². The molecule has 0 unspecified atom stereocenters. The van der Waals surface area contributed by atoms with Gasteiger partial charge in [0, 0.05) is 27.7 Å². The molecule has 1 saturated heterocycles. The van der Waals surface area contributed by atoms with E-state index in [1.807, 2.05) is 0 Å². The van der Waals surface area contributed by atoms with Gasteiger partial charge in [-0.1, -0.05) is 0 Å². The smallest absolute Gasteiger partial charge is 0.313 e. The number of aliphatic carboxylic acids is 1. The van der Waals surface area contributed by atoms with Crippen LogP contribution in [0.5, 0.6) is 0 Å². The van der Waals surface area contributed by atoms with E-state index in [4.69, 9.17) is 28.8 Å². The standard InChI is InChI=1S/C16H22O11S/c1-7(17)23-5-11-13(24-8(2)18)14(25-9(3)19)15(26-10(4)20)16(27-11)28-6-12(21)22/h11,13-16H,5-6H2,1-4H3,(H,21,22)/t11-,13-,14+,15-,16+/m1/s1. The van der Waals surface area contributed by atoms with E-state index in [0.717, 1.165) is 39.5 Å². The van der Waals surface area contributed by atoms with Gasteiger partial charge in [-0.2, -0.15) is 0 Å². The summed E-state index contributed by atoms with van der Waals surface area (Å²) in [6, 6.07) is 0. The minimum absolute atomic E-state index is 0.359. The first-order valence-corrected chi connectivity index (χ1v) is 9.20. The number of hydrogen-bond donors (Lipinski definition) is 1. The number of carbonyl (C=O) groups excluding carboxylic acids is 4. The van der Waals surface area contributed by atoms with Crippen molar-refractivity contribution in [2.45, 2.75) is 57.5 Å². The summed E-state index contributed by atoms with van der Waals surface area (Å²) < 4.78 is 26.2. The summed E-state index contributed by atoms with van der Waals surface area (Å²) >= 11 is 0.774. The van der Waals surface area contributed by atoms with Gasteiger partial charge in [-0.05, 0) is 0 Å². The van der Waals surface area contributed by atoms with E-state index in [1.165, 1.54) is 0 Å². The molecule has 0 saturated carbocycles. The lowest BCUT2D eigenvalue weighted by molar-refractivity contribution is -0.237. The predicted molar refractivity (Wildman–Crippen MR) is 92.0 cm³/mol. The second-order valence-electron chi connectivity index (χ2n) is 5.77. The fourth-order valence-electron chi connectivity index (χ4n) is 2.48. The summed E-state index contributed by atoms with van der Waals surface area (Å²) in [6.45, 7) is 4.12. The topological polar surface area (TPSA) is 152 Å². The molecule has 0 aliphatic carbocycles. The van der Waals surface area contributed by atoms with Gasteiger partial charge in [0.05, 0.1) is 5.75 Å². The number of thioether (sulfide) groups is 1. The van der Waals surface area contributed by atoms with Crippen LogP contribution in [0.2, 0.25) is 0 Å². The van der Waals surface area contributed by atoms with E-state index < -0.39 is 65.5 Å². The highest BCUT2D eigenvalue weighted by Crippen LogP contribution is 2.34.